The van der Waals surface area contributed by atoms with E-state index in [1.165, 1.54) is 8.61 Å². The van der Waals surface area contributed by atoms with Crippen LogP contribution in [0.15, 0.2) is 24.3 Å². The molecule has 4 rings (SSSR count). The quantitative estimate of drug-likeness (QED) is 0.753. The van der Waals surface area contributed by atoms with E-state index < -0.39 is 16.0 Å². The molecule has 3 aliphatic rings. The monoisotopic (exact) mass is 437 g/mol. The summed E-state index contributed by atoms with van der Waals surface area (Å²) >= 11 is 0. The van der Waals surface area contributed by atoms with E-state index in [9.17, 15) is 13.2 Å². The van der Waals surface area contributed by atoms with Crippen molar-refractivity contribution in [2.45, 2.75) is 44.9 Å². The summed E-state index contributed by atoms with van der Waals surface area (Å²) in [4.78, 5) is 12.7. The van der Waals surface area contributed by atoms with E-state index in [1.807, 2.05) is 31.2 Å². The van der Waals surface area contributed by atoms with Gasteiger partial charge in [-0.25, -0.2) is 0 Å². The fraction of sp³-hybridized carbons (Fsp3) is 0.667. The third-order valence-electron chi connectivity index (χ3n) is 6.42. The zero-order valence-electron chi connectivity index (χ0n) is 17.5. The Morgan fingerprint density at radius 3 is 2.53 bits per heavy atom. The standard InChI is InChI=1S/C21H31N3O5S/c1-17-5-2-3-6-18(17)15-22-20(25)19-7-4-10-24(16-19)30(26,27)23-11-8-21(9-12-23)28-13-14-29-21/h2-3,5-6,19H,4,7-16H2,1H3,(H,22,25)/t19-/m0/s1. The van der Waals surface area contributed by atoms with Crippen molar-refractivity contribution in [3.05, 3.63) is 35.4 Å². The van der Waals surface area contributed by atoms with Crippen molar-refractivity contribution in [1.82, 2.24) is 13.9 Å². The lowest BCUT2D eigenvalue weighted by Crippen LogP contribution is -2.54. The molecule has 0 radical (unpaired) electrons. The number of benzene rings is 1. The predicted octanol–water partition coefficient (Wildman–Crippen LogP) is 1.41. The van der Waals surface area contributed by atoms with Gasteiger partial charge >= 0.3 is 0 Å². The fourth-order valence-electron chi connectivity index (χ4n) is 4.51. The van der Waals surface area contributed by atoms with Crippen molar-refractivity contribution in [3.8, 4) is 0 Å². The number of piperidine rings is 2. The highest BCUT2D eigenvalue weighted by Gasteiger charge is 2.44. The van der Waals surface area contributed by atoms with Crippen molar-refractivity contribution in [1.29, 1.82) is 0 Å². The van der Waals surface area contributed by atoms with Gasteiger partial charge in [0.2, 0.25) is 5.91 Å². The molecule has 0 bridgehead atoms. The van der Waals surface area contributed by atoms with E-state index in [-0.39, 0.29) is 18.4 Å². The van der Waals surface area contributed by atoms with Crippen molar-refractivity contribution in [2.75, 3.05) is 39.4 Å². The van der Waals surface area contributed by atoms with E-state index in [4.69, 9.17) is 9.47 Å². The molecule has 1 amide bonds. The van der Waals surface area contributed by atoms with Crippen LogP contribution in [0.1, 0.15) is 36.8 Å². The third-order valence-corrected chi connectivity index (χ3v) is 8.42. The van der Waals surface area contributed by atoms with E-state index >= 15 is 0 Å². The summed E-state index contributed by atoms with van der Waals surface area (Å²) in [5.41, 5.74) is 2.20. The molecule has 3 saturated heterocycles. The SMILES string of the molecule is Cc1ccccc1CNC(=O)[C@H]1CCCN(S(=O)(=O)N2CCC3(CC2)OCCO3)C1. The number of hydrogen-bond donors (Lipinski definition) is 1. The predicted molar refractivity (Wildman–Crippen MR) is 112 cm³/mol. The lowest BCUT2D eigenvalue weighted by molar-refractivity contribution is -0.179. The van der Waals surface area contributed by atoms with Crippen LogP contribution < -0.4 is 5.32 Å². The first-order chi connectivity index (χ1) is 14.4. The van der Waals surface area contributed by atoms with Crippen molar-refractivity contribution >= 4 is 16.1 Å². The number of carbonyl (C=O) groups is 1. The van der Waals surface area contributed by atoms with Crippen molar-refractivity contribution < 1.29 is 22.7 Å². The number of carbonyl (C=O) groups excluding carboxylic acids is 1. The minimum Gasteiger partial charge on any atom is -0.352 e. The minimum atomic E-state index is -3.60. The molecule has 166 valence electrons. The van der Waals surface area contributed by atoms with Gasteiger partial charge in [0.15, 0.2) is 5.79 Å². The molecule has 3 heterocycles. The van der Waals surface area contributed by atoms with Gasteiger partial charge in [-0.15, -0.1) is 0 Å². The molecule has 1 aromatic rings. The van der Waals surface area contributed by atoms with Crippen LogP contribution in [-0.4, -0.2) is 68.1 Å². The van der Waals surface area contributed by atoms with E-state index in [2.05, 4.69) is 5.32 Å². The van der Waals surface area contributed by atoms with Crippen LogP contribution in [-0.2, 0) is 31.0 Å². The summed E-state index contributed by atoms with van der Waals surface area (Å²) in [6, 6.07) is 7.93. The van der Waals surface area contributed by atoms with Crippen LogP contribution in [0.5, 0.6) is 0 Å². The van der Waals surface area contributed by atoms with Crippen LogP contribution in [0.4, 0.5) is 0 Å². The smallest absolute Gasteiger partial charge is 0.282 e. The molecule has 30 heavy (non-hydrogen) atoms. The Labute approximate surface area is 178 Å². The highest BCUT2D eigenvalue weighted by atomic mass is 32.2. The van der Waals surface area contributed by atoms with Crippen LogP contribution in [0.25, 0.3) is 0 Å². The number of aryl methyl sites for hydroxylation is 1. The fourth-order valence-corrected chi connectivity index (χ4v) is 6.21. The zero-order chi connectivity index (χ0) is 21.2. The molecule has 0 aliphatic carbocycles. The number of hydrogen-bond acceptors (Lipinski definition) is 5. The molecule has 0 saturated carbocycles. The van der Waals surface area contributed by atoms with E-state index in [1.54, 1.807) is 0 Å². The summed E-state index contributed by atoms with van der Waals surface area (Å²) in [5, 5.41) is 2.99. The summed E-state index contributed by atoms with van der Waals surface area (Å²) in [7, 11) is -3.60. The normalized spacial score (nSPS) is 25.4. The maximum Gasteiger partial charge on any atom is 0.282 e. The Kier molecular flexibility index (Phi) is 6.45. The lowest BCUT2D eigenvalue weighted by Gasteiger charge is -2.40. The molecule has 8 nitrogen and oxygen atoms in total. The van der Waals surface area contributed by atoms with Gasteiger partial charge in [0.05, 0.1) is 19.1 Å². The average Bonchev–Trinajstić information content (AvgIpc) is 3.21. The van der Waals surface area contributed by atoms with Gasteiger partial charge in [-0.2, -0.15) is 17.0 Å². The molecule has 1 N–H and O–H groups in total. The van der Waals surface area contributed by atoms with Gasteiger partial charge < -0.3 is 14.8 Å². The Hall–Kier alpha value is -1.52. The maximum atomic E-state index is 13.2. The van der Waals surface area contributed by atoms with Gasteiger partial charge in [0.25, 0.3) is 10.2 Å². The van der Waals surface area contributed by atoms with Crippen molar-refractivity contribution in [3.63, 3.8) is 0 Å². The van der Waals surface area contributed by atoms with Crippen LogP contribution in [0.2, 0.25) is 0 Å². The second-order valence-corrected chi connectivity index (χ2v) is 10.3. The average molecular weight is 438 g/mol. The third kappa shape index (κ3) is 4.55. The number of nitrogens with zero attached hydrogens (tertiary/aromatic N) is 2. The van der Waals surface area contributed by atoms with Gasteiger partial charge in [0, 0.05) is 45.6 Å². The Bertz CT molecular complexity index is 859. The van der Waals surface area contributed by atoms with Gasteiger partial charge in [-0.05, 0) is 30.9 Å². The maximum absolute atomic E-state index is 13.2. The zero-order valence-corrected chi connectivity index (χ0v) is 18.3. The second-order valence-electron chi connectivity index (χ2n) is 8.36. The summed E-state index contributed by atoms with van der Waals surface area (Å²) in [6.45, 7) is 5.06. The van der Waals surface area contributed by atoms with Crippen LogP contribution in [0, 0.1) is 12.8 Å². The first kappa shape index (κ1) is 21.7. The molecule has 0 aromatic heterocycles. The number of amides is 1. The topological polar surface area (TPSA) is 88.2 Å². The number of rotatable bonds is 5. The molecule has 1 aromatic carbocycles. The Balaban J connectivity index is 1.33. The molecule has 3 fully saturated rings. The number of nitrogens with one attached hydrogen (secondary N) is 1. The molecular formula is C21H31N3O5S. The molecule has 1 atom stereocenters. The summed E-state index contributed by atoms with van der Waals surface area (Å²) < 4.78 is 40.7. The highest BCUT2D eigenvalue weighted by Crippen LogP contribution is 2.33. The number of ether oxygens (including phenoxy) is 2. The van der Waals surface area contributed by atoms with Gasteiger partial charge in [-0.1, -0.05) is 24.3 Å². The first-order valence-electron chi connectivity index (χ1n) is 10.7. The largest absolute Gasteiger partial charge is 0.352 e. The second kappa shape index (κ2) is 8.92. The highest BCUT2D eigenvalue weighted by molar-refractivity contribution is 7.86. The Morgan fingerprint density at radius 1 is 1.13 bits per heavy atom. The van der Waals surface area contributed by atoms with Gasteiger partial charge in [-0.3, -0.25) is 4.79 Å². The summed E-state index contributed by atoms with van der Waals surface area (Å²) in [6.07, 6.45) is 2.48. The van der Waals surface area contributed by atoms with Crippen LogP contribution >= 0.6 is 0 Å². The molecular weight excluding hydrogens is 406 g/mol. The van der Waals surface area contributed by atoms with Crippen LogP contribution in [0.3, 0.4) is 0 Å². The molecule has 3 aliphatic heterocycles. The van der Waals surface area contributed by atoms with E-state index in [0.717, 1.165) is 11.1 Å². The van der Waals surface area contributed by atoms with Gasteiger partial charge in [0.1, 0.15) is 0 Å². The van der Waals surface area contributed by atoms with E-state index in [0.29, 0.717) is 65.1 Å². The molecule has 0 unspecified atom stereocenters. The van der Waals surface area contributed by atoms with Crippen molar-refractivity contribution in [2.24, 2.45) is 5.92 Å². The Morgan fingerprint density at radius 2 is 1.83 bits per heavy atom. The lowest BCUT2D eigenvalue weighted by atomic mass is 9.98. The summed E-state index contributed by atoms with van der Waals surface area (Å²) in [5.74, 6) is -1.01. The molecule has 9 heteroatoms. The minimum absolute atomic E-state index is 0.0801. The first-order valence-corrected chi connectivity index (χ1v) is 12.1. The molecule has 1 spiro atoms.